The number of methoxy groups -OCH3 is 1. The molecule has 2 rings (SSSR count). The van der Waals surface area contributed by atoms with Gasteiger partial charge in [-0.3, -0.25) is 4.98 Å². The molecule has 0 fully saturated rings. The molecule has 0 spiro atoms. The van der Waals surface area contributed by atoms with Crippen LogP contribution in [0.2, 0.25) is 0 Å². The summed E-state index contributed by atoms with van der Waals surface area (Å²) in [5.41, 5.74) is 3.59. The predicted molar refractivity (Wildman–Crippen MR) is 81.7 cm³/mol. The summed E-state index contributed by atoms with van der Waals surface area (Å²) in [5, 5.41) is 9.76. The van der Waals surface area contributed by atoms with Crippen LogP contribution in [0, 0.1) is 13.8 Å². The Labute approximate surface area is 125 Å². The minimum atomic E-state index is -0.567. The van der Waals surface area contributed by atoms with E-state index in [4.69, 9.17) is 9.47 Å². The summed E-state index contributed by atoms with van der Waals surface area (Å²) in [5.74, 6) is 1.51. The number of aliphatic hydroxyl groups excluding tert-OH is 1. The molecule has 2 aromatic rings. The molecule has 0 radical (unpaired) electrons. The molecule has 0 saturated carbocycles. The fraction of sp³-hybridized carbons (Fsp3) is 0.353. The number of benzene rings is 1. The van der Waals surface area contributed by atoms with E-state index in [0.29, 0.717) is 12.4 Å². The lowest BCUT2D eigenvalue weighted by Gasteiger charge is -2.15. The Morgan fingerprint density at radius 3 is 2.62 bits per heavy atom. The van der Waals surface area contributed by atoms with Crippen LogP contribution >= 0.6 is 0 Å². The molecule has 1 heterocycles. The average molecular weight is 287 g/mol. The topological polar surface area (TPSA) is 51.6 Å². The van der Waals surface area contributed by atoms with Crippen LogP contribution < -0.4 is 9.47 Å². The first-order valence-corrected chi connectivity index (χ1v) is 6.93. The second-order valence-corrected chi connectivity index (χ2v) is 5.05. The predicted octanol–water partition coefficient (Wildman–Crippen LogP) is 3.34. The number of para-hydroxylation sites is 1. The van der Waals surface area contributed by atoms with Crippen molar-refractivity contribution in [2.75, 3.05) is 7.11 Å². The first-order valence-electron chi connectivity index (χ1n) is 6.93. The third-order valence-electron chi connectivity index (χ3n) is 3.48. The van der Waals surface area contributed by atoms with Crippen molar-refractivity contribution in [2.45, 2.75) is 33.5 Å². The molecule has 1 aromatic carbocycles. The maximum Gasteiger partial charge on any atom is 0.131 e. The van der Waals surface area contributed by atoms with Crippen molar-refractivity contribution < 1.29 is 14.6 Å². The van der Waals surface area contributed by atoms with E-state index in [0.717, 1.165) is 28.1 Å². The van der Waals surface area contributed by atoms with Gasteiger partial charge >= 0.3 is 0 Å². The number of rotatable bonds is 5. The highest BCUT2D eigenvalue weighted by Crippen LogP contribution is 2.27. The molecule has 4 nitrogen and oxygen atoms in total. The second kappa shape index (κ2) is 6.59. The summed E-state index contributed by atoms with van der Waals surface area (Å²) in [7, 11) is 1.66. The first-order chi connectivity index (χ1) is 10.0. The molecule has 0 aliphatic carbocycles. The molecule has 1 atom stereocenters. The average Bonchev–Trinajstić information content (AvgIpc) is 2.47. The van der Waals surface area contributed by atoms with E-state index in [2.05, 4.69) is 4.98 Å². The number of nitrogens with zero attached hydrogens (tertiary/aromatic N) is 1. The van der Waals surface area contributed by atoms with Crippen molar-refractivity contribution in [2.24, 2.45) is 0 Å². The maximum absolute atomic E-state index is 9.76. The van der Waals surface area contributed by atoms with Crippen LogP contribution in [0.25, 0.3) is 0 Å². The van der Waals surface area contributed by atoms with Gasteiger partial charge in [-0.05, 0) is 26.8 Å². The SMILES string of the molecule is COc1c(C)cnc(COc2ccccc2[C@@H](C)O)c1C. The van der Waals surface area contributed by atoms with Crippen molar-refractivity contribution >= 4 is 0 Å². The van der Waals surface area contributed by atoms with Crippen LogP contribution in [0.5, 0.6) is 11.5 Å². The molecule has 0 unspecified atom stereocenters. The van der Waals surface area contributed by atoms with Crippen molar-refractivity contribution in [3.63, 3.8) is 0 Å². The smallest absolute Gasteiger partial charge is 0.131 e. The van der Waals surface area contributed by atoms with Gasteiger partial charge in [0.25, 0.3) is 0 Å². The van der Waals surface area contributed by atoms with Gasteiger partial charge in [-0.2, -0.15) is 0 Å². The number of aryl methyl sites for hydroxylation is 1. The Morgan fingerprint density at radius 1 is 1.24 bits per heavy atom. The summed E-state index contributed by atoms with van der Waals surface area (Å²) in [6.07, 6.45) is 1.22. The van der Waals surface area contributed by atoms with Crippen molar-refractivity contribution in [3.8, 4) is 11.5 Å². The normalized spacial score (nSPS) is 12.0. The number of pyridine rings is 1. The van der Waals surface area contributed by atoms with Gasteiger partial charge in [0.1, 0.15) is 18.1 Å². The standard InChI is InChI=1S/C17H21NO3/c1-11-9-18-15(12(2)17(11)20-4)10-21-16-8-6-5-7-14(16)13(3)19/h5-9,13,19H,10H2,1-4H3/t13-/m1/s1. The van der Waals surface area contributed by atoms with Crippen LogP contribution in [-0.4, -0.2) is 17.2 Å². The Kier molecular flexibility index (Phi) is 4.81. The number of aromatic nitrogens is 1. The molecule has 112 valence electrons. The Balaban J connectivity index is 2.21. The maximum atomic E-state index is 9.76. The fourth-order valence-electron chi connectivity index (χ4n) is 2.32. The second-order valence-electron chi connectivity index (χ2n) is 5.05. The molecule has 0 aliphatic rings. The largest absolute Gasteiger partial charge is 0.496 e. The minimum absolute atomic E-state index is 0.339. The molecule has 0 amide bonds. The van der Waals surface area contributed by atoms with Gasteiger partial charge < -0.3 is 14.6 Å². The van der Waals surface area contributed by atoms with Crippen LogP contribution in [0.3, 0.4) is 0 Å². The lowest BCUT2D eigenvalue weighted by molar-refractivity contribution is 0.189. The zero-order valence-corrected chi connectivity index (χ0v) is 12.9. The van der Waals surface area contributed by atoms with Gasteiger partial charge in [0.2, 0.25) is 0 Å². The van der Waals surface area contributed by atoms with Crippen LogP contribution in [0.15, 0.2) is 30.5 Å². The Bertz CT molecular complexity index is 623. The summed E-state index contributed by atoms with van der Waals surface area (Å²) in [4.78, 5) is 4.41. The van der Waals surface area contributed by atoms with Crippen LogP contribution in [0.1, 0.15) is 35.4 Å². The Hall–Kier alpha value is -2.07. The van der Waals surface area contributed by atoms with Crippen LogP contribution in [-0.2, 0) is 6.61 Å². The van der Waals surface area contributed by atoms with E-state index in [1.54, 1.807) is 20.2 Å². The molecule has 21 heavy (non-hydrogen) atoms. The summed E-state index contributed by atoms with van der Waals surface area (Å²) in [6, 6.07) is 7.48. The number of hydrogen-bond acceptors (Lipinski definition) is 4. The lowest BCUT2D eigenvalue weighted by Crippen LogP contribution is -2.05. The van der Waals surface area contributed by atoms with Crippen molar-refractivity contribution in [3.05, 3.63) is 52.8 Å². The van der Waals surface area contributed by atoms with Gasteiger partial charge in [0.15, 0.2) is 0 Å². The molecule has 4 heteroatoms. The lowest BCUT2D eigenvalue weighted by atomic mass is 10.1. The van der Waals surface area contributed by atoms with Gasteiger partial charge in [-0.1, -0.05) is 18.2 Å². The van der Waals surface area contributed by atoms with Crippen molar-refractivity contribution in [1.29, 1.82) is 0 Å². The molecular weight excluding hydrogens is 266 g/mol. The van der Waals surface area contributed by atoms with E-state index in [9.17, 15) is 5.11 Å². The van der Waals surface area contributed by atoms with E-state index in [1.165, 1.54) is 0 Å². The highest BCUT2D eigenvalue weighted by atomic mass is 16.5. The van der Waals surface area contributed by atoms with Gasteiger partial charge in [-0.25, -0.2) is 0 Å². The highest BCUT2D eigenvalue weighted by Gasteiger charge is 2.12. The Morgan fingerprint density at radius 2 is 1.95 bits per heavy atom. The van der Waals surface area contributed by atoms with Gasteiger partial charge in [-0.15, -0.1) is 0 Å². The third kappa shape index (κ3) is 3.34. The molecule has 1 N–H and O–H groups in total. The minimum Gasteiger partial charge on any atom is -0.496 e. The summed E-state index contributed by atoms with van der Waals surface area (Å²) < 4.78 is 11.2. The van der Waals surface area contributed by atoms with E-state index < -0.39 is 6.10 Å². The van der Waals surface area contributed by atoms with Gasteiger partial charge in [0, 0.05) is 22.9 Å². The van der Waals surface area contributed by atoms with Gasteiger partial charge in [0.05, 0.1) is 18.9 Å². The van der Waals surface area contributed by atoms with Crippen molar-refractivity contribution in [1.82, 2.24) is 4.98 Å². The molecule has 1 aromatic heterocycles. The first kappa shape index (κ1) is 15.3. The third-order valence-corrected chi connectivity index (χ3v) is 3.48. The highest BCUT2D eigenvalue weighted by molar-refractivity contribution is 5.41. The number of ether oxygens (including phenoxy) is 2. The fourth-order valence-corrected chi connectivity index (χ4v) is 2.32. The van der Waals surface area contributed by atoms with E-state index in [1.807, 2.05) is 38.1 Å². The summed E-state index contributed by atoms with van der Waals surface area (Å²) in [6.45, 7) is 6.00. The number of hydrogen-bond donors (Lipinski definition) is 1. The zero-order chi connectivity index (χ0) is 15.4. The quantitative estimate of drug-likeness (QED) is 0.916. The monoisotopic (exact) mass is 287 g/mol. The molecule has 0 aliphatic heterocycles. The summed E-state index contributed by atoms with van der Waals surface area (Å²) >= 11 is 0. The van der Waals surface area contributed by atoms with E-state index >= 15 is 0 Å². The molecule has 0 saturated heterocycles. The van der Waals surface area contributed by atoms with Crippen LogP contribution in [0.4, 0.5) is 0 Å². The number of aliphatic hydroxyl groups is 1. The zero-order valence-electron chi connectivity index (χ0n) is 12.9. The molecular formula is C17H21NO3. The van der Waals surface area contributed by atoms with E-state index in [-0.39, 0.29) is 0 Å². The molecule has 0 bridgehead atoms.